The number of imide groups is 1. The van der Waals surface area contributed by atoms with E-state index >= 15 is 0 Å². The third kappa shape index (κ3) is 5.05. The lowest BCUT2D eigenvalue weighted by molar-refractivity contribution is -0.121. The van der Waals surface area contributed by atoms with E-state index in [-0.39, 0.29) is 30.3 Å². The van der Waals surface area contributed by atoms with Gasteiger partial charge in [0.15, 0.2) is 0 Å². The molecule has 3 aromatic rings. The first-order chi connectivity index (χ1) is 16.5. The minimum absolute atomic E-state index is 0.103. The molecule has 0 radical (unpaired) electrons. The Morgan fingerprint density at radius 1 is 1.03 bits per heavy atom. The number of ether oxygens (including phenoxy) is 2. The number of rotatable bonds is 8. The van der Waals surface area contributed by atoms with E-state index in [1.165, 1.54) is 19.2 Å². The van der Waals surface area contributed by atoms with Crippen LogP contribution in [0.25, 0.3) is 0 Å². The van der Waals surface area contributed by atoms with Gasteiger partial charge in [-0.3, -0.25) is 19.8 Å². The molecule has 1 atom stereocenters. The molecule has 1 aliphatic rings. The number of anilines is 1. The van der Waals surface area contributed by atoms with E-state index in [2.05, 4.69) is 10.9 Å². The van der Waals surface area contributed by atoms with Crippen LogP contribution in [0.5, 0.6) is 11.5 Å². The molecule has 0 aromatic heterocycles. The molecule has 0 unspecified atom stereocenters. The van der Waals surface area contributed by atoms with Gasteiger partial charge in [0.1, 0.15) is 30.0 Å². The first-order valence-electron chi connectivity index (χ1n) is 10.5. The summed E-state index contributed by atoms with van der Waals surface area (Å²) in [5.74, 6) is -0.816. The number of hydrazine groups is 1. The predicted molar refractivity (Wildman–Crippen MR) is 122 cm³/mol. The number of hydrogen-bond acceptors (Lipinski definition) is 6. The summed E-state index contributed by atoms with van der Waals surface area (Å²) in [6.07, 6.45) is -0.103. The summed E-state index contributed by atoms with van der Waals surface area (Å²) in [5, 5.41) is 0. The van der Waals surface area contributed by atoms with Gasteiger partial charge in [0.2, 0.25) is 5.91 Å². The normalized spacial score (nSPS) is 15.4. The van der Waals surface area contributed by atoms with Crippen LogP contribution in [0.3, 0.4) is 0 Å². The number of amides is 3. The number of benzene rings is 3. The standard InChI is InChI=1S/C25H22FN3O5/c1-33-19-12-10-18(11-13-19)29-23(30)14-21(25(29)32)27-28-24(31)20-4-2-3-5-22(20)34-15-16-6-8-17(26)9-7-16/h2-13,21,27H,14-15H2,1H3,(H,28,31)/t21-/m1/s1. The predicted octanol–water partition coefficient (Wildman–Crippen LogP) is 2.98. The van der Waals surface area contributed by atoms with Gasteiger partial charge in [0, 0.05) is 0 Å². The van der Waals surface area contributed by atoms with Crippen molar-refractivity contribution in [3.63, 3.8) is 0 Å². The Morgan fingerprint density at radius 3 is 2.44 bits per heavy atom. The first-order valence-corrected chi connectivity index (χ1v) is 10.5. The minimum Gasteiger partial charge on any atom is -0.497 e. The van der Waals surface area contributed by atoms with Crippen LogP contribution in [0.2, 0.25) is 0 Å². The lowest BCUT2D eigenvalue weighted by atomic mass is 10.2. The summed E-state index contributed by atoms with van der Waals surface area (Å²) in [5.41, 5.74) is 6.54. The lowest BCUT2D eigenvalue weighted by Gasteiger charge is -2.17. The number of hydrogen-bond donors (Lipinski definition) is 2. The molecule has 1 heterocycles. The summed E-state index contributed by atoms with van der Waals surface area (Å²) in [6.45, 7) is 0.143. The lowest BCUT2D eigenvalue weighted by Crippen LogP contribution is -2.48. The Bertz CT molecular complexity index is 1200. The highest BCUT2D eigenvalue weighted by Gasteiger charge is 2.39. The number of carbonyl (C=O) groups is 3. The van der Waals surface area contributed by atoms with Gasteiger partial charge >= 0.3 is 0 Å². The van der Waals surface area contributed by atoms with Crippen molar-refractivity contribution in [2.45, 2.75) is 19.1 Å². The van der Waals surface area contributed by atoms with E-state index in [0.29, 0.717) is 17.2 Å². The van der Waals surface area contributed by atoms with Crippen LogP contribution in [0.4, 0.5) is 10.1 Å². The van der Waals surface area contributed by atoms with Gasteiger partial charge in [-0.1, -0.05) is 24.3 Å². The number of nitrogens with zero attached hydrogens (tertiary/aromatic N) is 1. The molecule has 34 heavy (non-hydrogen) atoms. The van der Waals surface area contributed by atoms with Crippen molar-refractivity contribution in [2.75, 3.05) is 12.0 Å². The molecule has 9 heteroatoms. The SMILES string of the molecule is COc1ccc(N2C(=O)C[C@@H](NNC(=O)c3ccccc3OCc3ccc(F)cc3)C2=O)cc1. The highest BCUT2D eigenvalue weighted by Crippen LogP contribution is 2.25. The molecule has 174 valence electrons. The van der Waals surface area contributed by atoms with Crippen molar-refractivity contribution in [1.82, 2.24) is 10.9 Å². The summed E-state index contributed by atoms with van der Waals surface area (Å²) in [7, 11) is 1.52. The monoisotopic (exact) mass is 463 g/mol. The Balaban J connectivity index is 1.38. The fourth-order valence-corrected chi connectivity index (χ4v) is 3.49. The van der Waals surface area contributed by atoms with Crippen LogP contribution in [-0.2, 0) is 16.2 Å². The molecular formula is C25H22FN3O5. The smallest absolute Gasteiger partial charge is 0.269 e. The molecule has 1 saturated heterocycles. The van der Waals surface area contributed by atoms with Gasteiger partial charge in [0.25, 0.3) is 11.8 Å². The number of halogens is 1. The maximum Gasteiger partial charge on any atom is 0.269 e. The van der Waals surface area contributed by atoms with Crippen LogP contribution in [0.1, 0.15) is 22.3 Å². The van der Waals surface area contributed by atoms with Gasteiger partial charge in [-0.25, -0.2) is 14.7 Å². The van der Waals surface area contributed by atoms with Gasteiger partial charge in [-0.05, 0) is 54.1 Å². The topological polar surface area (TPSA) is 97.0 Å². The second-order valence-electron chi connectivity index (χ2n) is 7.53. The molecule has 1 aliphatic heterocycles. The maximum atomic E-state index is 13.1. The molecule has 8 nitrogen and oxygen atoms in total. The molecule has 0 spiro atoms. The van der Waals surface area contributed by atoms with Crippen molar-refractivity contribution in [1.29, 1.82) is 0 Å². The molecule has 0 saturated carbocycles. The number of methoxy groups -OCH3 is 1. The molecular weight excluding hydrogens is 441 g/mol. The number of nitrogens with one attached hydrogen (secondary N) is 2. The third-order valence-corrected chi connectivity index (χ3v) is 5.28. The van der Waals surface area contributed by atoms with Gasteiger partial charge in [-0.2, -0.15) is 0 Å². The van der Waals surface area contributed by atoms with E-state index < -0.39 is 17.9 Å². The summed E-state index contributed by atoms with van der Waals surface area (Å²) >= 11 is 0. The first kappa shape index (κ1) is 22.9. The van der Waals surface area contributed by atoms with Crippen LogP contribution >= 0.6 is 0 Å². The molecule has 3 amide bonds. The van der Waals surface area contributed by atoms with E-state index in [4.69, 9.17) is 9.47 Å². The molecule has 4 rings (SSSR count). The largest absolute Gasteiger partial charge is 0.497 e. The average Bonchev–Trinajstić information content (AvgIpc) is 3.15. The van der Waals surface area contributed by atoms with E-state index in [0.717, 1.165) is 10.5 Å². The fourth-order valence-electron chi connectivity index (χ4n) is 3.49. The average molecular weight is 463 g/mol. The number of carbonyl (C=O) groups excluding carboxylic acids is 3. The fraction of sp³-hybridized carbons (Fsp3) is 0.160. The second kappa shape index (κ2) is 10.1. The third-order valence-electron chi connectivity index (χ3n) is 5.28. The van der Waals surface area contributed by atoms with Crippen molar-refractivity contribution in [3.8, 4) is 11.5 Å². The minimum atomic E-state index is -0.911. The van der Waals surface area contributed by atoms with Crippen LogP contribution in [0, 0.1) is 5.82 Å². The van der Waals surface area contributed by atoms with Crippen molar-refractivity contribution in [2.24, 2.45) is 0 Å². The highest BCUT2D eigenvalue weighted by atomic mass is 19.1. The van der Waals surface area contributed by atoms with Crippen molar-refractivity contribution in [3.05, 3.63) is 89.7 Å². The maximum absolute atomic E-state index is 13.1. The van der Waals surface area contributed by atoms with E-state index in [9.17, 15) is 18.8 Å². The molecule has 1 fully saturated rings. The Hall–Kier alpha value is -4.24. The zero-order chi connectivity index (χ0) is 24.1. The number of para-hydroxylation sites is 1. The summed E-state index contributed by atoms with van der Waals surface area (Å²) in [4.78, 5) is 39.1. The quantitative estimate of drug-likeness (QED) is 0.394. The highest BCUT2D eigenvalue weighted by molar-refractivity contribution is 6.22. The summed E-state index contributed by atoms with van der Waals surface area (Å²) < 4.78 is 23.9. The second-order valence-corrected chi connectivity index (χ2v) is 7.53. The Labute approximate surface area is 195 Å². The van der Waals surface area contributed by atoms with Gasteiger partial charge < -0.3 is 9.47 Å². The molecule has 0 bridgehead atoms. The van der Waals surface area contributed by atoms with Crippen LogP contribution < -0.4 is 25.2 Å². The zero-order valence-corrected chi connectivity index (χ0v) is 18.3. The van der Waals surface area contributed by atoms with Crippen LogP contribution in [0.15, 0.2) is 72.8 Å². The molecule has 3 aromatic carbocycles. The van der Waals surface area contributed by atoms with Gasteiger partial charge in [0.05, 0.1) is 24.8 Å². The zero-order valence-electron chi connectivity index (χ0n) is 18.3. The summed E-state index contributed by atoms with van der Waals surface area (Å²) in [6, 6.07) is 18.1. The molecule has 2 N–H and O–H groups in total. The Morgan fingerprint density at radius 2 is 1.74 bits per heavy atom. The van der Waals surface area contributed by atoms with Crippen molar-refractivity contribution < 1.29 is 28.2 Å². The molecule has 0 aliphatic carbocycles. The van der Waals surface area contributed by atoms with E-state index in [1.54, 1.807) is 60.7 Å². The van der Waals surface area contributed by atoms with E-state index in [1.807, 2.05) is 0 Å². The van der Waals surface area contributed by atoms with Crippen molar-refractivity contribution >= 4 is 23.4 Å². The van der Waals surface area contributed by atoms with Crippen LogP contribution in [-0.4, -0.2) is 30.9 Å². The Kier molecular flexibility index (Phi) is 6.84. The van der Waals surface area contributed by atoms with Gasteiger partial charge in [-0.15, -0.1) is 0 Å².